The molecule has 0 radical (unpaired) electrons. The second kappa shape index (κ2) is 37.1. The molecule has 2 saturated heterocycles. The average Bonchev–Trinajstić information content (AvgIpc) is 3.28. The summed E-state index contributed by atoms with van der Waals surface area (Å²) in [5, 5.41) is 72.0. The highest BCUT2D eigenvalue weighted by Crippen LogP contribution is 2.26. The summed E-state index contributed by atoms with van der Waals surface area (Å²) in [6.45, 7) is 3.54. The van der Waals surface area contributed by atoms with Crippen LogP contribution in [-0.4, -0.2) is 142 Å². The minimum Gasteiger partial charge on any atom is -0.457 e. The lowest BCUT2D eigenvalue weighted by Crippen LogP contribution is -2.61. The molecule has 0 bridgehead atoms. The zero-order chi connectivity index (χ0) is 45.9. The quantitative estimate of drug-likeness (QED) is 0.0204. The van der Waals surface area contributed by atoms with Crippen LogP contribution in [0.3, 0.4) is 0 Å². The van der Waals surface area contributed by atoms with Crippen molar-refractivity contribution in [1.82, 2.24) is 0 Å². The van der Waals surface area contributed by atoms with Gasteiger partial charge < -0.3 is 64.2 Å². The second-order valence-electron chi connectivity index (χ2n) is 16.9. The summed E-state index contributed by atoms with van der Waals surface area (Å²) in [7, 11) is 0. The number of rotatable bonds is 37. The van der Waals surface area contributed by atoms with Crippen LogP contribution in [0.2, 0.25) is 0 Å². The van der Waals surface area contributed by atoms with Crippen molar-refractivity contribution in [3.8, 4) is 0 Å². The van der Waals surface area contributed by atoms with Crippen LogP contribution in [0, 0.1) is 0 Å². The Morgan fingerprint density at radius 1 is 0.524 bits per heavy atom. The Bertz CT molecular complexity index is 1230. The monoisotopic (exact) mass is 899 g/mol. The van der Waals surface area contributed by atoms with Gasteiger partial charge in [0, 0.05) is 13.0 Å². The summed E-state index contributed by atoms with van der Waals surface area (Å²) >= 11 is 0. The first kappa shape index (κ1) is 57.1. The van der Waals surface area contributed by atoms with Crippen LogP contribution in [0.25, 0.3) is 0 Å². The van der Waals surface area contributed by atoms with Crippen LogP contribution >= 0.6 is 0 Å². The number of allylic oxidation sites excluding steroid dienone is 8. The third-order valence-electron chi connectivity index (χ3n) is 11.3. The third-order valence-corrected chi connectivity index (χ3v) is 11.3. The Morgan fingerprint density at radius 3 is 1.52 bits per heavy atom. The molecule has 14 nitrogen and oxygen atoms in total. The topological polar surface area (TPSA) is 214 Å². The normalized spacial score (nSPS) is 27.4. The lowest BCUT2D eigenvalue weighted by Gasteiger charge is -2.42. The first-order chi connectivity index (χ1) is 30.6. The number of carbonyl (C=O) groups is 1. The molecule has 14 heteroatoms. The Labute approximate surface area is 378 Å². The molecule has 2 aliphatic rings. The van der Waals surface area contributed by atoms with E-state index in [9.17, 15) is 40.5 Å². The number of aliphatic hydroxyl groups is 7. The van der Waals surface area contributed by atoms with Crippen LogP contribution in [0.4, 0.5) is 0 Å². The maximum absolute atomic E-state index is 13.0. The smallest absolute Gasteiger partial charge is 0.306 e. The molecule has 0 aromatic carbocycles. The molecule has 366 valence electrons. The largest absolute Gasteiger partial charge is 0.457 e. The molecule has 2 rings (SSSR count). The van der Waals surface area contributed by atoms with Crippen molar-refractivity contribution < 1.29 is 69.0 Å². The molecule has 2 aliphatic heterocycles. The van der Waals surface area contributed by atoms with Crippen LogP contribution in [0.1, 0.15) is 155 Å². The van der Waals surface area contributed by atoms with E-state index in [1.54, 1.807) is 0 Å². The van der Waals surface area contributed by atoms with Crippen molar-refractivity contribution in [2.24, 2.45) is 0 Å². The maximum atomic E-state index is 13.0. The Kier molecular flexibility index (Phi) is 33.6. The van der Waals surface area contributed by atoms with E-state index in [4.69, 9.17) is 28.4 Å². The van der Waals surface area contributed by atoms with E-state index in [2.05, 4.69) is 62.5 Å². The average molecular weight is 899 g/mol. The molecule has 0 aromatic rings. The molecule has 11 unspecified atom stereocenters. The van der Waals surface area contributed by atoms with Crippen LogP contribution in [0.15, 0.2) is 48.6 Å². The van der Waals surface area contributed by atoms with Crippen molar-refractivity contribution in [2.75, 3.05) is 33.0 Å². The molecule has 0 spiro atoms. The first-order valence-corrected chi connectivity index (χ1v) is 24.2. The van der Waals surface area contributed by atoms with Crippen LogP contribution < -0.4 is 0 Å². The highest BCUT2D eigenvalue weighted by atomic mass is 16.7. The summed E-state index contributed by atoms with van der Waals surface area (Å²) in [6, 6.07) is 0. The summed E-state index contributed by atoms with van der Waals surface area (Å²) in [6.07, 6.45) is 24.6. The van der Waals surface area contributed by atoms with Gasteiger partial charge in [0.05, 0.1) is 26.4 Å². The van der Waals surface area contributed by atoms with E-state index >= 15 is 0 Å². The van der Waals surface area contributed by atoms with E-state index in [0.29, 0.717) is 13.0 Å². The number of carbonyl (C=O) groups excluding carboxylic acids is 1. The minimum atomic E-state index is -1.71. The zero-order valence-corrected chi connectivity index (χ0v) is 38.5. The third kappa shape index (κ3) is 25.4. The summed E-state index contributed by atoms with van der Waals surface area (Å²) in [5.74, 6) is -0.396. The van der Waals surface area contributed by atoms with E-state index in [1.807, 2.05) is 0 Å². The first-order valence-electron chi connectivity index (χ1n) is 24.2. The predicted molar refractivity (Wildman–Crippen MR) is 243 cm³/mol. The van der Waals surface area contributed by atoms with Gasteiger partial charge in [0.2, 0.25) is 0 Å². The number of unbranched alkanes of at least 4 members (excludes halogenated alkanes) is 15. The molecule has 11 atom stereocenters. The van der Waals surface area contributed by atoms with Gasteiger partial charge in [0.15, 0.2) is 12.6 Å². The minimum absolute atomic E-state index is 0.0472. The number of ether oxygens (including phenoxy) is 6. The molecule has 7 N–H and O–H groups in total. The van der Waals surface area contributed by atoms with E-state index in [0.717, 1.165) is 89.9 Å². The lowest BCUT2D eigenvalue weighted by atomic mass is 9.98. The van der Waals surface area contributed by atoms with Gasteiger partial charge in [-0.1, -0.05) is 133 Å². The van der Waals surface area contributed by atoms with E-state index in [-0.39, 0.29) is 19.6 Å². The molecule has 2 fully saturated rings. The van der Waals surface area contributed by atoms with Crippen molar-refractivity contribution in [3.05, 3.63) is 48.6 Å². The molecule has 0 aliphatic carbocycles. The number of aliphatic hydroxyl groups excluding tert-OH is 7. The Balaban J connectivity index is 1.81. The summed E-state index contributed by atoms with van der Waals surface area (Å²) < 4.78 is 34.2. The molecule has 0 aromatic heterocycles. The SMILES string of the molecule is CCCC/C=C\C/C=C\CCCCCCCCOCC(COC1OC(COC2OC(CO)C(O)C(O)C2O)C(O)C(O)C1O)OC(=O)CCCCCCC/C=C\C/C=C\CCCC. The Hall–Kier alpha value is -2.05. The second-order valence-corrected chi connectivity index (χ2v) is 16.9. The molecule has 63 heavy (non-hydrogen) atoms. The maximum Gasteiger partial charge on any atom is 0.306 e. The number of esters is 1. The fourth-order valence-electron chi connectivity index (χ4n) is 7.26. The molecule has 0 amide bonds. The fraction of sp³-hybridized carbons (Fsp3) is 0.816. The van der Waals surface area contributed by atoms with Gasteiger partial charge in [-0.15, -0.1) is 0 Å². The molecule has 2 heterocycles. The van der Waals surface area contributed by atoms with Gasteiger partial charge >= 0.3 is 5.97 Å². The summed E-state index contributed by atoms with van der Waals surface area (Å²) in [5.41, 5.74) is 0. The van der Waals surface area contributed by atoms with Crippen molar-refractivity contribution in [2.45, 2.75) is 223 Å². The predicted octanol–water partition coefficient (Wildman–Crippen LogP) is 6.40. The van der Waals surface area contributed by atoms with Crippen molar-refractivity contribution in [3.63, 3.8) is 0 Å². The zero-order valence-electron chi connectivity index (χ0n) is 38.5. The standard InChI is InChI=1S/C49H86O14/c1-3-5-7-9-11-13-15-17-19-21-23-25-27-29-31-33-58-35-38(61-41(51)32-30-28-26-24-22-20-18-16-14-12-10-8-6-4-2)36-59-48-47(57)45(55)43(53)40(63-48)37-60-49-46(56)44(54)42(52)39(34-50)62-49/h9-12,15-18,38-40,42-50,52-57H,3-8,13-14,19-37H2,1-2H3/b11-9-,12-10-,17-15-,18-16-. The van der Waals surface area contributed by atoms with Gasteiger partial charge in [-0.25, -0.2) is 0 Å². The number of hydrogen-bond donors (Lipinski definition) is 7. The van der Waals surface area contributed by atoms with Gasteiger partial charge in [-0.3, -0.25) is 4.79 Å². The highest BCUT2D eigenvalue weighted by Gasteiger charge is 2.47. The van der Waals surface area contributed by atoms with Crippen molar-refractivity contribution in [1.29, 1.82) is 0 Å². The van der Waals surface area contributed by atoms with Gasteiger partial charge in [-0.05, 0) is 64.2 Å². The van der Waals surface area contributed by atoms with Gasteiger partial charge in [-0.2, -0.15) is 0 Å². The fourth-order valence-corrected chi connectivity index (χ4v) is 7.26. The van der Waals surface area contributed by atoms with Gasteiger partial charge in [0.1, 0.15) is 54.9 Å². The van der Waals surface area contributed by atoms with Crippen LogP contribution in [-0.2, 0) is 33.2 Å². The van der Waals surface area contributed by atoms with Crippen molar-refractivity contribution >= 4 is 5.97 Å². The van der Waals surface area contributed by atoms with E-state index in [1.165, 1.54) is 38.5 Å². The Morgan fingerprint density at radius 2 is 0.984 bits per heavy atom. The van der Waals surface area contributed by atoms with E-state index < -0.39 is 86.7 Å². The molecular weight excluding hydrogens is 813 g/mol. The molecule has 0 saturated carbocycles. The van der Waals surface area contributed by atoms with Gasteiger partial charge in [0.25, 0.3) is 0 Å². The van der Waals surface area contributed by atoms with Crippen LogP contribution in [0.5, 0.6) is 0 Å². The lowest BCUT2D eigenvalue weighted by molar-refractivity contribution is -0.332. The summed E-state index contributed by atoms with van der Waals surface area (Å²) in [4.78, 5) is 13.0. The number of hydrogen-bond acceptors (Lipinski definition) is 14. The highest BCUT2D eigenvalue weighted by molar-refractivity contribution is 5.69. The molecular formula is C49H86O14.